The van der Waals surface area contributed by atoms with E-state index in [1.165, 1.54) is 18.7 Å². The molecular weight excluding hydrogens is 300 g/mol. The first-order valence-electron chi connectivity index (χ1n) is 8.10. The molecule has 2 aliphatic rings. The molecule has 1 aromatic heterocycles. The summed E-state index contributed by atoms with van der Waals surface area (Å²) in [7, 11) is 0. The molecule has 0 aromatic carbocycles. The molecule has 22 heavy (non-hydrogen) atoms. The lowest BCUT2D eigenvalue weighted by Gasteiger charge is -2.37. The van der Waals surface area contributed by atoms with Crippen molar-refractivity contribution in [3.8, 4) is 0 Å². The molecular formula is C16H29ClN4O. The quantitative estimate of drug-likeness (QED) is 0.912. The van der Waals surface area contributed by atoms with Crippen molar-refractivity contribution < 1.29 is 4.74 Å². The molecule has 126 valence electrons. The van der Waals surface area contributed by atoms with Gasteiger partial charge >= 0.3 is 0 Å². The second-order valence-corrected chi connectivity index (χ2v) is 7.07. The molecule has 1 aromatic rings. The predicted molar refractivity (Wildman–Crippen MR) is 90.7 cm³/mol. The number of hydrogen-bond acceptors (Lipinski definition) is 4. The molecule has 2 atom stereocenters. The lowest BCUT2D eigenvalue weighted by atomic mass is 9.89. The Morgan fingerprint density at radius 1 is 1.45 bits per heavy atom. The number of ether oxygens (including phenoxy) is 1. The predicted octanol–water partition coefficient (Wildman–Crippen LogP) is 1.62. The summed E-state index contributed by atoms with van der Waals surface area (Å²) in [6.45, 7) is 13.8. The van der Waals surface area contributed by atoms with E-state index < -0.39 is 0 Å². The molecule has 0 bridgehead atoms. The average molecular weight is 329 g/mol. The molecule has 0 radical (unpaired) electrons. The van der Waals surface area contributed by atoms with Gasteiger partial charge in [-0.3, -0.25) is 9.58 Å². The summed E-state index contributed by atoms with van der Waals surface area (Å²) in [5.74, 6) is 0. The summed E-state index contributed by atoms with van der Waals surface area (Å²) in [4.78, 5) is 2.58. The van der Waals surface area contributed by atoms with E-state index in [-0.39, 0.29) is 18.5 Å². The van der Waals surface area contributed by atoms with Crippen LogP contribution in [0.4, 0.5) is 0 Å². The van der Waals surface area contributed by atoms with Gasteiger partial charge in [0.05, 0.1) is 24.9 Å². The van der Waals surface area contributed by atoms with Crippen molar-refractivity contribution in [1.29, 1.82) is 0 Å². The number of hydrogen-bond donors (Lipinski definition) is 1. The Morgan fingerprint density at radius 2 is 2.27 bits per heavy atom. The Bertz CT molecular complexity index is 484. The van der Waals surface area contributed by atoms with Crippen molar-refractivity contribution >= 4 is 12.4 Å². The van der Waals surface area contributed by atoms with Gasteiger partial charge in [-0.05, 0) is 38.3 Å². The minimum Gasteiger partial charge on any atom is -0.374 e. The number of nitrogens with zero attached hydrogens (tertiary/aromatic N) is 3. The fourth-order valence-electron chi connectivity index (χ4n) is 3.63. The van der Waals surface area contributed by atoms with Gasteiger partial charge < -0.3 is 10.1 Å². The maximum absolute atomic E-state index is 5.96. The van der Waals surface area contributed by atoms with Crippen LogP contribution >= 0.6 is 12.4 Å². The highest BCUT2D eigenvalue weighted by atomic mass is 35.5. The highest BCUT2D eigenvalue weighted by molar-refractivity contribution is 5.85. The highest BCUT2D eigenvalue weighted by Crippen LogP contribution is 2.26. The van der Waals surface area contributed by atoms with E-state index >= 15 is 0 Å². The van der Waals surface area contributed by atoms with Gasteiger partial charge in [0, 0.05) is 31.9 Å². The van der Waals surface area contributed by atoms with Gasteiger partial charge in [0.15, 0.2) is 0 Å². The molecule has 2 fully saturated rings. The van der Waals surface area contributed by atoms with Crippen LogP contribution in [0.2, 0.25) is 0 Å². The largest absolute Gasteiger partial charge is 0.374 e. The Labute approximate surface area is 139 Å². The molecule has 0 amide bonds. The van der Waals surface area contributed by atoms with Crippen LogP contribution < -0.4 is 5.32 Å². The van der Waals surface area contributed by atoms with Crippen molar-refractivity contribution in [2.75, 3.05) is 39.3 Å². The maximum Gasteiger partial charge on any atom is 0.0898 e. The van der Waals surface area contributed by atoms with Gasteiger partial charge in [-0.1, -0.05) is 6.92 Å². The third-order valence-corrected chi connectivity index (χ3v) is 4.77. The Balaban J connectivity index is 0.00000176. The molecule has 3 heterocycles. The van der Waals surface area contributed by atoms with Crippen molar-refractivity contribution in [2.45, 2.75) is 39.8 Å². The Hall–Kier alpha value is -0.620. The van der Waals surface area contributed by atoms with Crippen LogP contribution in [0.15, 0.2) is 6.07 Å². The van der Waals surface area contributed by atoms with Gasteiger partial charge in [0.25, 0.3) is 0 Å². The first-order chi connectivity index (χ1) is 10.0. The second kappa shape index (κ2) is 7.30. The lowest BCUT2D eigenvalue weighted by Crippen LogP contribution is -2.48. The standard InChI is InChI=1S/C16H28N4O.ClH/c1-13-8-14(2)20(18-13)10-15-9-19(6-7-21-15)12-16(3)4-5-17-11-16;/h8,15,17H,4-7,9-12H2,1-3H3;1H. The minimum absolute atomic E-state index is 0. The fourth-order valence-corrected chi connectivity index (χ4v) is 3.63. The van der Waals surface area contributed by atoms with E-state index in [1.807, 2.05) is 6.92 Å². The van der Waals surface area contributed by atoms with Crippen LogP contribution in [0.3, 0.4) is 0 Å². The van der Waals surface area contributed by atoms with Crippen molar-refractivity contribution in [3.63, 3.8) is 0 Å². The summed E-state index contributed by atoms with van der Waals surface area (Å²) in [5.41, 5.74) is 2.74. The van der Waals surface area contributed by atoms with Gasteiger partial charge in [0.1, 0.15) is 0 Å². The molecule has 3 rings (SSSR count). The molecule has 5 nitrogen and oxygen atoms in total. The van der Waals surface area contributed by atoms with Crippen LogP contribution in [0.5, 0.6) is 0 Å². The third-order valence-electron chi connectivity index (χ3n) is 4.77. The molecule has 6 heteroatoms. The van der Waals surface area contributed by atoms with E-state index in [9.17, 15) is 0 Å². The SMILES string of the molecule is Cc1cc(C)n(CC2CN(CC3(C)CCNC3)CCO2)n1.Cl. The van der Waals surface area contributed by atoms with E-state index in [4.69, 9.17) is 4.74 Å². The number of rotatable bonds is 4. The van der Waals surface area contributed by atoms with Crippen LogP contribution in [0.25, 0.3) is 0 Å². The molecule has 2 saturated heterocycles. The molecule has 2 aliphatic heterocycles. The van der Waals surface area contributed by atoms with Crippen molar-refractivity contribution in [1.82, 2.24) is 20.0 Å². The van der Waals surface area contributed by atoms with Gasteiger partial charge in [-0.2, -0.15) is 5.10 Å². The zero-order valence-corrected chi connectivity index (χ0v) is 14.8. The first kappa shape index (κ1) is 17.7. The number of morpholine rings is 1. The Kier molecular flexibility index (Phi) is 5.88. The summed E-state index contributed by atoms with van der Waals surface area (Å²) in [6, 6.07) is 2.13. The summed E-state index contributed by atoms with van der Waals surface area (Å²) < 4.78 is 8.04. The Morgan fingerprint density at radius 3 is 2.91 bits per heavy atom. The average Bonchev–Trinajstić information content (AvgIpc) is 2.97. The fraction of sp³-hybridized carbons (Fsp3) is 0.812. The van der Waals surface area contributed by atoms with Crippen molar-refractivity contribution in [2.24, 2.45) is 5.41 Å². The van der Waals surface area contributed by atoms with E-state index in [0.717, 1.165) is 45.0 Å². The van der Waals surface area contributed by atoms with Crippen LogP contribution in [0.1, 0.15) is 24.7 Å². The second-order valence-electron chi connectivity index (χ2n) is 7.07. The zero-order valence-electron chi connectivity index (χ0n) is 14.0. The normalized spacial score (nSPS) is 29.5. The monoisotopic (exact) mass is 328 g/mol. The van der Waals surface area contributed by atoms with E-state index in [1.54, 1.807) is 0 Å². The molecule has 2 unspecified atom stereocenters. The molecule has 0 aliphatic carbocycles. The van der Waals surface area contributed by atoms with Gasteiger partial charge in [0.2, 0.25) is 0 Å². The molecule has 0 spiro atoms. The summed E-state index contributed by atoms with van der Waals surface area (Å²) >= 11 is 0. The van der Waals surface area contributed by atoms with E-state index in [2.05, 4.69) is 39.9 Å². The summed E-state index contributed by atoms with van der Waals surface area (Å²) in [6.07, 6.45) is 1.54. The third kappa shape index (κ3) is 4.22. The zero-order chi connectivity index (χ0) is 14.9. The number of halogens is 1. The van der Waals surface area contributed by atoms with Gasteiger partial charge in [-0.15, -0.1) is 12.4 Å². The highest BCUT2D eigenvalue weighted by Gasteiger charge is 2.32. The molecule has 0 saturated carbocycles. The first-order valence-corrected chi connectivity index (χ1v) is 8.10. The number of aromatic nitrogens is 2. The van der Waals surface area contributed by atoms with Crippen molar-refractivity contribution in [3.05, 3.63) is 17.5 Å². The number of aryl methyl sites for hydroxylation is 2. The van der Waals surface area contributed by atoms with Crippen LogP contribution in [0, 0.1) is 19.3 Å². The number of nitrogens with one attached hydrogen (secondary N) is 1. The van der Waals surface area contributed by atoms with E-state index in [0.29, 0.717) is 5.41 Å². The maximum atomic E-state index is 5.96. The van der Waals surface area contributed by atoms with Crippen LogP contribution in [-0.2, 0) is 11.3 Å². The lowest BCUT2D eigenvalue weighted by molar-refractivity contribution is -0.0469. The molecule has 1 N–H and O–H groups in total. The topological polar surface area (TPSA) is 42.3 Å². The summed E-state index contributed by atoms with van der Waals surface area (Å²) in [5, 5.41) is 8.05. The minimum atomic E-state index is 0. The van der Waals surface area contributed by atoms with Crippen LogP contribution in [-0.4, -0.2) is 60.1 Å². The van der Waals surface area contributed by atoms with Gasteiger partial charge in [-0.25, -0.2) is 0 Å². The smallest absolute Gasteiger partial charge is 0.0898 e.